The smallest absolute Gasteiger partial charge is 0.271 e. The van der Waals surface area contributed by atoms with Crippen LogP contribution in [0.4, 0.5) is 5.13 Å². The number of carbonyl (C=O) groups is 1. The summed E-state index contributed by atoms with van der Waals surface area (Å²) in [5.74, 6) is -0.0772. The summed E-state index contributed by atoms with van der Waals surface area (Å²) in [7, 11) is 4.08. The highest BCUT2D eigenvalue weighted by Crippen LogP contribution is 2.38. The van der Waals surface area contributed by atoms with Gasteiger partial charge in [0, 0.05) is 16.6 Å². The standard InChI is InChI=1S/C22H22ClN3OS2.ClH/c1-14-8-6-11-17-19(14)24-22(29-17)26(13-7-12-25(2)3)21(27)20-18(23)15-9-4-5-10-16(15)28-20;/h4-6,8-11H,7,12-13H2,1-3H3;1H. The summed E-state index contributed by atoms with van der Waals surface area (Å²) in [4.78, 5) is 22.9. The SMILES string of the molecule is Cc1cccc2sc(N(CCCN(C)C)C(=O)c3sc4ccccc4c3Cl)nc12.Cl. The zero-order valence-electron chi connectivity index (χ0n) is 17.0. The maximum Gasteiger partial charge on any atom is 0.271 e. The highest BCUT2D eigenvalue weighted by molar-refractivity contribution is 7.23. The van der Waals surface area contributed by atoms with Crippen LogP contribution in [0, 0.1) is 6.92 Å². The van der Waals surface area contributed by atoms with Gasteiger partial charge in [-0.2, -0.15) is 0 Å². The number of anilines is 1. The summed E-state index contributed by atoms with van der Waals surface area (Å²) in [6, 6.07) is 14.0. The lowest BCUT2D eigenvalue weighted by Gasteiger charge is -2.20. The molecule has 0 saturated heterocycles. The summed E-state index contributed by atoms with van der Waals surface area (Å²) in [5, 5.41) is 2.19. The van der Waals surface area contributed by atoms with Crippen LogP contribution in [0.25, 0.3) is 20.3 Å². The highest BCUT2D eigenvalue weighted by atomic mass is 35.5. The summed E-state index contributed by atoms with van der Waals surface area (Å²) >= 11 is 9.61. The molecule has 4 nitrogen and oxygen atoms in total. The van der Waals surface area contributed by atoms with Gasteiger partial charge in [-0.3, -0.25) is 9.69 Å². The summed E-state index contributed by atoms with van der Waals surface area (Å²) in [6.45, 7) is 3.54. The summed E-state index contributed by atoms with van der Waals surface area (Å²) < 4.78 is 2.11. The Morgan fingerprint density at radius 2 is 1.77 bits per heavy atom. The van der Waals surface area contributed by atoms with Gasteiger partial charge in [-0.1, -0.05) is 53.3 Å². The van der Waals surface area contributed by atoms with Crippen LogP contribution in [-0.2, 0) is 0 Å². The molecule has 0 saturated carbocycles. The van der Waals surface area contributed by atoms with Gasteiger partial charge in [0.15, 0.2) is 5.13 Å². The average Bonchev–Trinajstić information content (AvgIpc) is 3.27. The number of thiazole rings is 1. The molecule has 0 atom stereocenters. The van der Waals surface area contributed by atoms with E-state index in [1.807, 2.05) is 57.4 Å². The Morgan fingerprint density at radius 1 is 1.03 bits per heavy atom. The van der Waals surface area contributed by atoms with E-state index in [2.05, 4.69) is 11.0 Å². The lowest BCUT2D eigenvalue weighted by atomic mass is 10.2. The lowest BCUT2D eigenvalue weighted by molar-refractivity contribution is 0.0990. The minimum atomic E-state index is -0.0772. The number of aromatic nitrogens is 1. The first-order valence-electron chi connectivity index (χ1n) is 9.45. The number of hydrogen-bond donors (Lipinski definition) is 0. The molecule has 1 amide bonds. The maximum atomic E-state index is 13.6. The van der Waals surface area contributed by atoms with Crippen molar-refractivity contribution in [1.82, 2.24) is 9.88 Å². The number of amides is 1. The first kappa shape index (κ1) is 23.0. The molecule has 8 heteroatoms. The largest absolute Gasteiger partial charge is 0.309 e. The number of halogens is 2. The number of aryl methyl sites for hydroxylation is 1. The van der Waals surface area contributed by atoms with Crippen LogP contribution in [0.2, 0.25) is 5.02 Å². The number of fused-ring (bicyclic) bond motifs is 2. The fourth-order valence-corrected chi connectivity index (χ4v) is 5.82. The highest BCUT2D eigenvalue weighted by Gasteiger charge is 2.26. The molecule has 0 fully saturated rings. The van der Waals surface area contributed by atoms with E-state index >= 15 is 0 Å². The second kappa shape index (κ2) is 9.62. The predicted molar refractivity (Wildman–Crippen MR) is 133 cm³/mol. The van der Waals surface area contributed by atoms with Gasteiger partial charge in [0.2, 0.25) is 0 Å². The Bertz CT molecular complexity index is 1190. The molecule has 0 aliphatic carbocycles. The third-order valence-corrected chi connectivity index (χ3v) is 7.51. The van der Waals surface area contributed by atoms with Crippen LogP contribution >= 0.6 is 46.7 Å². The minimum absolute atomic E-state index is 0. The van der Waals surface area contributed by atoms with Crippen molar-refractivity contribution in [3.05, 3.63) is 57.9 Å². The second-order valence-electron chi connectivity index (χ2n) is 7.27. The van der Waals surface area contributed by atoms with Crippen LogP contribution in [0.3, 0.4) is 0 Å². The maximum absolute atomic E-state index is 13.6. The number of carbonyl (C=O) groups excluding carboxylic acids is 1. The number of thiophene rings is 1. The molecule has 0 N–H and O–H groups in total. The van der Waals surface area contributed by atoms with Gasteiger partial charge in [0.1, 0.15) is 4.88 Å². The Balaban J connectivity index is 0.00000256. The van der Waals surface area contributed by atoms with Crippen molar-refractivity contribution in [1.29, 1.82) is 0 Å². The van der Waals surface area contributed by atoms with E-state index in [9.17, 15) is 4.79 Å². The molecule has 2 aromatic heterocycles. The van der Waals surface area contributed by atoms with Crippen molar-refractivity contribution in [2.24, 2.45) is 0 Å². The second-order valence-corrected chi connectivity index (χ2v) is 9.71. The van der Waals surface area contributed by atoms with Crippen LogP contribution in [-0.4, -0.2) is 43.0 Å². The predicted octanol–water partition coefficient (Wildman–Crippen LogP) is 6.49. The molecule has 0 unspecified atom stereocenters. The van der Waals surface area contributed by atoms with Crippen molar-refractivity contribution >= 4 is 78.0 Å². The van der Waals surface area contributed by atoms with E-state index < -0.39 is 0 Å². The zero-order valence-corrected chi connectivity index (χ0v) is 20.2. The average molecular weight is 480 g/mol. The van der Waals surface area contributed by atoms with E-state index in [1.165, 1.54) is 11.3 Å². The van der Waals surface area contributed by atoms with Gasteiger partial charge >= 0.3 is 0 Å². The van der Waals surface area contributed by atoms with Crippen LogP contribution in [0.1, 0.15) is 21.7 Å². The van der Waals surface area contributed by atoms with Crippen LogP contribution in [0.15, 0.2) is 42.5 Å². The lowest BCUT2D eigenvalue weighted by Crippen LogP contribution is -2.33. The molecule has 0 aliphatic heterocycles. The molecular weight excluding hydrogens is 457 g/mol. The van der Waals surface area contributed by atoms with Gasteiger partial charge in [-0.15, -0.1) is 23.7 Å². The van der Waals surface area contributed by atoms with Crippen molar-refractivity contribution in [3.8, 4) is 0 Å². The zero-order chi connectivity index (χ0) is 20.5. The quantitative estimate of drug-likeness (QED) is 0.316. The number of benzene rings is 2. The Kier molecular flexibility index (Phi) is 7.37. The van der Waals surface area contributed by atoms with E-state index in [0.717, 1.165) is 44.0 Å². The van der Waals surface area contributed by atoms with Gasteiger partial charge in [0.05, 0.1) is 15.2 Å². The molecule has 158 valence electrons. The number of nitrogens with zero attached hydrogens (tertiary/aromatic N) is 3. The van der Waals surface area contributed by atoms with E-state index in [0.29, 0.717) is 16.4 Å². The summed E-state index contributed by atoms with van der Waals surface area (Å²) in [5.41, 5.74) is 2.07. The fourth-order valence-electron chi connectivity index (χ4n) is 3.29. The van der Waals surface area contributed by atoms with Crippen molar-refractivity contribution in [3.63, 3.8) is 0 Å². The summed E-state index contributed by atoms with van der Waals surface area (Å²) in [6.07, 6.45) is 0.857. The van der Waals surface area contributed by atoms with Crippen molar-refractivity contribution in [2.75, 3.05) is 32.1 Å². The third kappa shape index (κ3) is 4.48. The Labute approximate surface area is 195 Å². The van der Waals surface area contributed by atoms with Crippen LogP contribution in [0.5, 0.6) is 0 Å². The molecule has 0 bridgehead atoms. The number of rotatable bonds is 6. The Morgan fingerprint density at radius 3 is 2.47 bits per heavy atom. The molecular formula is C22H23Cl2N3OS2. The monoisotopic (exact) mass is 479 g/mol. The van der Waals surface area contributed by atoms with E-state index in [4.69, 9.17) is 16.6 Å². The van der Waals surface area contributed by atoms with E-state index in [1.54, 1.807) is 16.2 Å². The van der Waals surface area contributed by atoms with Gasteiger partial charge < -0.3 is 4.90 Å². The molecule has 2 aromatic carbocycles. The normalized spacial score (nSPS) is 11.2. The first-order valence-corrected chi connectivity index (χ1v) is 11.5. The molecule has 30 heavy (non-hydrogen) atoms. The Hall–Kier alpha value is -1.70. The van der Waals surface area contributed by atoms with Crippen molar-refractivity contribution < 1.29 is 4.79 Å². The van der Waals surface area contributed by atoms with Crippen molar-refractivity contribution in [2.45, 2.75) is 13.3 Å². The molecule has 0 spiro atoms. The van der Waals surface area contributed by atoms with E-state index in [-0.39, 0.29) is 18.3 Å². The molecule has 0 aliphatic rings. The number of para-hydroxylation sites is 1. The molecule has 4 aromatic rings. The van der Waals surface area contributed by atoms with Gasteiger partial charge in [-0.05, 0) is 51.7 Å². The van der Waals surface area contributed by atoms with Gasteiger partial charge in [0.25, 0.3) is 5.91 Å². The molecule has 4 rings (SSSR count). The van der Waals surface area contributed by atoms with Crippen LogP contribution < -0.4 is 4.90 Å². The first-order chi connectivity index (χ1) is 14.0. The molecule has 0 radical (unpaired) electrons. The van der Waals surface area contributed by atoms with Gasteiger partial charge in [-0.25, -0.2) is 4.98 Å². The minimum Gasteiger partial charge on any atom is -0.309 e. The topological polar surface area (TPSA) is 36.4 Å². The molecule has 2 heterocycles. The third-order valence-electron chi connectivity index (χ3n) is 4.80. The fraction of sp³-hybridized carbons (Fsp3) is 0.273. The number of hydrogen-bond acceptors (Lipinski definition) is 5.